The topological polar surface area (TPSA) is 9.23 Å². The average Bonchev–Trinajstić information content (AvgIpc) is 2.79. The fraction of sp³-hybridized carbons (Fsp3) is 0.704. The van der Waals surface area contributed by atoms with Crippen molar-refractivity contribution in [3.05, 3.63) is 41.5 Å². The molecule has 180 valence electrons. The molecule has 0 radical (unpaired) electrons. The van der Waals surface area contributed by atoms with Crippen LogP contribution in [0.1, 0.15) is 102 Å². The zero-order chi connectivity index (χ0) is 22.9. The second-order valence-corrected chi connectivity index (χ2v) is 9.75. The van der Waals surface area contributed by atoms with Crippen LogP contribution in [0.5, 0.6) is 5.75 Å². The van der Waals surface area contributed by atoms with E-state index in [1.54, 1.807) is 0 Å². The van der Waals surface area contributed by atoms with Gasteiger partial charge in [-0.3, -0.25) is 0 Å². The van der Waals surface area contributed by atoms with E-state index in [4.69, 9.17) is 0 Å². The molecule has 0 atom stereocenters. The predicted molar refractivity (Wildman–Crippen MR) is 121 cm³/mol. The van der Waals surface area contributed by atoms with Gasteiger partial charge in [0.1, 0.15) is 0 Å². The molecule has 3 rings (SSSR count). The fourth-order valence-electron chi connectivity index (χ4n) is 5.87. The van der Waals surface area contributed by atoms with Gasteiger partial charge in [0.25, 0.3) is 0 Å². The summed E-state index contributed by atoms with van der Waals surface area (Å²) in [6.45, 7) is -1.06. The molecule has 0 unspecified atom stereocenters. The first-order chi connectivity index (χ1) is 15.5. The van der Waals surface area contributed by atoms with Crippen LogP contribution in [0.2, 0.25) is 0 Å². The Bertz CT molecular complexity index is 693. The summed E-state index contributed by atoms with van der Waals surface area (Å²) < 4.78 is 56.9. The van der Waals surface area contributed by atoms with Crippen molar-refractivity contribution in [2.45, 2.75) is 103 Å². The van der Waals surface area contributed by atoms with Gasteiger partial charge in [0.15, 0.2) is 17.4 Å². The van der Waals surface area contributed by atoms with Crippen molar-refractivity contribution in [2.75, 3.05) is 0 Å². The second kappa shape index (κ2) is 12.6. The highest BCUT2D eigenvalue weighted by atomic mass is 19.3. The molecule has 2 saturated carbocycles. The van der Waals surface area contributed by atoms with Crippen molar-refractivity contribution >= 4 is 0 Å². The molecule has 0 N–H and O–H groups in total. The lowest BCUT2D eigenvalue weighted by Crippen LogP contribution is -2.25. The van der Waals surface area contributed by atoms with Gasteiger partial charge in [0.2, 0.25) is 0 Å². The maximum Gasteiger partial charge on any atom is 0.387 e. The van der Waals surface area contributed by atoms with Crippen LogP contribution in [0.4, 0.5) is 17.6 Å². The van der Waals surface area contributed by atoms with E-state index in [1.807, 2.05) is 0 Å². The Morgan fingerprint density at radius 2 is 1.47 bits per heavy atom. The van der Waals surface area contributed by atoms with Crippen LogP contribution >= 0.6 is 0 Å². The van der Waals surface area contributed by atoms with E-state index >= 15 is 0 Å². The summed E-state index contributed by atoms with van der Waals surface area (Å²) in [5, 5.41) is 0. The van der Waals surface area contributed by atoms with Crippen molar-refractivity contribution in [1.29, 1.82) is 0 Å². The smallest absolute Gasteiger partial charge is 0.387 e. The average molecular weight is 455 g/mol. The van der Waals surface area contributed by atoms with Gasteiger partial charge >= 0.3 is 6.61 Å². The predicted octanol–water partition coefficient (Wildman–Crippen LogP) is 9.17. The molecule has 32 heavy (non-hydrogen) atoms. The summed E-state index contributed by atoms with van der Waals surface area (Å²) in [6.07, 6.45) is 20.2. The van der Waals surface area contributed by atoms with Gasteiger partial charge in [-0.05, 0) is 99.2 Å². The highest BCUT2D eigenvalue weighted by Crippen LogP contribution is 2.45. The summed E-state index contributed by atoms with van der Waals surface area (Å²) in [5.74, 6) is -0.583. The van der Waals surface area contributed by atoms with Crippen LogP contribution in [-0.2, 0) is 0 Å². The van der Waals surface area contributed by atoms with Crippen LogP contribution < -0.4 is 4.74 Å². The number of alkyl halides is 2. The molecule has 0 aromatic heterocycles. The molecule has 2 aliphatic rings. The Morgan fingerprint density at radius 1 is 0.875 bits per heavy atom. The zero-order valence-corrected chi connectivity index (χ0v) is 19.3. The number of ether oxygens (including phenoxy) is 1. The van der Waals surface area contributed by atoms with Crippen molar-refractivity contribution in [1.82, 2.24) is 0 Å². The van der Waals surface area contributed by atoms with Crippen LogP contribution in [0.3, 0.4) is 0 Å². The van der Waals surface area contributed by atoms with E-state index in [1.165, 1.54) is 63.5 Å². The second-order valence-electron chi connectivity index (χ2n) is 9.75. The third kappa shape index (κ3) is 7.25. The van der Waals surface area contributed by atoms with Gasteiger partial charge in [-0.1, -0.05) is 44.8 Å². The molecule has 0 bridgehead atoms. The number of benzene rings is 1. The number of hydrogen-bond donors (Lipinski definition) is 0. The van der Waals surface area contributed by atoms with Gasteiger partial charge in [-0.2, -0.15) is 8.78 Å². The molecule has 0 spiro atoms. The first kappa shape index (κ1) is 25.1. The lowest BCUT2D eigenvalue weighted by atomic mass is 9.68. The number of unbranched alkanes of at least 4 members (excludes halogenated alkanes) is 2. The van der Waals surface area contributed by atoms with E-state index < -0.39 is 24.0 Å². The molecule has 2 fully saturated rings. The largest absolute Gasteiger partial charge is 0.429 e. The van der Waals surface area contributed by atoms with E-state index in [0.29, 0.717) is 11.5 Å². The molecule has 0 heterocycles. The first-order valence-corrected chi connectivity index (χ1v) is 12.6. The number of allylic oxidation sites excluding steroid dienone is 2. The van der Waals surface area contributed by atoms with Crippen molar-refractivity contribution in [3.63, 3.8) is 0 Å². The van der Waals surface area contributed by atoms with E-state index in [2.05, 4.69) is 23.8 Å². The SMILES string of the molecule is CC/C=C/CCCC[C@H]1CC[C@H]([C@H]2CC[C@H](c3cc(F)c(OC(F)F)c(F)c3)CC2)CC1. The molecule has 0 saturated heterocycles. The Balaban J connectivity index is 1.40. The molecular formula is C27H38F4O. The Morgan fingerprint density at radius 3 is 2.03 bits per heavy atom. The molecule has 1 aromatic carbocycles. The molecule has 0 aliphatic heterocycles. The quantitative estimate of drug-likeness (QED) is 0.194. The molecule has 1 nitrogen and oxygen atoms in total. The number of hydrogen-bond acceptors (Lipinski definition) is 1. The Kier molecular flexibility index (Phi) is 9.92. The van der Waals surface area contributed by atoms with E-state index in [9.17, 15) is 17.6 Å². The van der Waals surface area contributed by atoms with Crippen LogP contribution in [0.15, 0.2) is 24.3 Å². The van der Waals surface area contributed by atoms with Crippen LogP contribution in [-0.4, -0.2) is 6.61 Å². The summed E-state index contributed by atoms with van der Waals surface area (Å²) in [5.41, 5.74) is 0.567. The summed E-state index contributed by atoms with van der Waals surface area (Å²) >= 11 is 0. The van der Waals surface area contributed by atoms with E-state index in [0.717, 1.165) is 43.9 Å². The normalized spacial score (nSPS) is 26.7. The monoisotopic (exact) mass is 454 g/mol. The Labute approximate surface area is 190 Å². The maximum atomic E-state index is 14.1. The van der Waals surface area contributed by atoms with Gasteiger partial charge in [-0.25, -0.2) is 8.78 Å². The van der Waals surface area contributed by atoms with Crippen molar-refractivity contribution in [3.8, 4) is 5.75 Å². The summed E-state index contributed by atoms with van der Waals surface area (Å²) in [6, 6.07) is 2.35. The van der Waals surface area contributed by atoms with E-state index in [-0.39, 0.29) is 5.92 Å². The maximum absolute atomic E-state index is 14.1. The van der Waals surface area contributed by atoms with Gasteiger partial charge in [0.05, 0.1) is 0 Å². The lowest BCUT2D eigenvalue weighted by Gasteiger charge is -2.38. The Hall–Kier alpha value is -1.52. The number of rotatable bonds is 10. The molecule has 2 aliphatic carbocycles. The first-order valence-electron chi connectivity index (χ1n) is 12.6. The number of halogens is 4. The zero-order valence-electron chi connectivity index (χ0n) is 19.3. The highest BCUT2D eigenvalue weighted by molar-refractivity contribution is 5.33. The highest BCUT2D eigenvalue weighted by Gasteiger charge is 2.32. The minimum atomic E-state index is -3.24. The van der Waals surface area contributed by atoms with Gasteiger partial charge in [-0.15, -0.1) is 0 Å². The van der Waals surface area contributed by atoms with Gasteiger partial charge < -0.3 is 4.74 Å². The lowest BCUT2D eigenvalue weighted by molar-refractivity contribution is -0.0546. The molecular weight excluding hydrogens is 416 g/mol. The minimum absolute atomic E-state index is 0.0916. The van der Waals surface area contributed by atoms with Crippen molar-refractivity contribution < 1.29 is 22.3 Å². The summed E-state index contributed by atoms with van der Waals surface area (Å²) in [7, 11) is 0. The summed E-state index contributed by atoms with van der Waals surface area (Å²) in [4.78, 5) is 0. The third-order valence-corrected chi connectivity index (χ3v) is 7.66. The minimum Gasteiger partial charge on any atom is -0.429 e. The third-order valence-electron chi connectivity index (χ3n) is 7.66. The molecule has 1 aromatic rings. The van der Waals surface area contributed by atoms with Crippen molar-refractivity contribution in [2.24, 2.45) is 17.8 Å². The van der Waals surface area contributed by atoms with Crippen LogP contribution in [0, 0.1) is 29.4 Å². The standard InChI is InChI=1S/C27H38F4O/c1-2-3-4-5-6-7-8-19-9-11-20(12-10-19)21-13-15-22(16-14-21)23-17-24(28)26(25(29)18-23)32-27(30)31/h3-4,17-22,27H,2,5-16H2,1H3/b4-3+/t19-,20-,21-,22-. The van der Waals surface area contributed by atoms with Gasteiger partial charge in [0, 0.05) is 0 Å². The molecule has 5 heteroatoms. The fourth-order valence-corrected chi connectivity index (χ4v) is 5.87. The van der Waals surface area contributed by atoms with Crippen LogP contribution in [0.25, 0.3) is 0 Å². The molecule has 0 amide bonds.